The summed E-state index contributed by atoms with van der Waals surface area (Å²) in [6.45, 7) is 4.91. The normalized spacial score (nSPS) is 11.0. The minimum atomic E-state index is -0.383. The number of methoxy groups -OCH3 is 1. The number of thiophene rings is 1. The molecule has 0 bridgehead atoms. The molecular weight excluding hydrogens is 424 g/mol. The lowest BCUT2D eigenvalue weighted by molar-refractivity contribution is 0.0600. The zero-order chi connectivity index (χ0) is 22.7. The average molecular weight is 449 g/mol. The van der Waals surface area contributed by atoms with Crippen LogP contribution in [0.3, 0.4) is 0 Å². The van der Waals surface area contributed by atoms with Gasteiger partial charge in [0.15, 0.2) is 0 Å². The third-order valence-corrected chi connectivity index (χ3v) is 6.49. The Morgan fingerprint density at radius 2 is 1.78 bits per heavy atom. The molecular formula is C25H24N2O4S. The van der Waals surface area contributed by atoms with Crippen LogP contribution >= 0.6 is 11.3 Å². The first kappa shape index (κ1) is 21.8. The van der Waals surface area contributed by atoms with Crippen LogP contribution in [0.2, 0.25) is 0 Å². The molecule has 0 saturated heterocycles. The van der Waals surface area contributed by atoms with Crippen LogP contribution in [0.5, 0.6) is 5.75 Å². The summed E-state index contributed by atoms with van der Waals surface area (Å²) in [4.78, 5) is 31.7. The standard InChI is InChI=1S/C25H24N2O4S/c1-16-17(2)32-23-21(16)24(28)27(22(26-23)18-8-5-4-6-9-18)14-7-15-31-20-12-10-19(11-13-20)25(29)30-3/h4-6,8-13H,7,14-15H2,1-3H3. The van der Waals surface area contributed by atoms with Crippen LogP contribution in [0.4, 0.5) is 0 Å². The number of carbonyl (C=O) groups excluding carboxylic acids is 1. The van der Waals surface area contributed by atoms with E-state index in [0.29, 0.717) is 42.1 Å². The van der Waals surface area contributed by atoms with Gasteiger partial charge in [0.1, 0.15) is 16.4 Å². The average Bonchev–Trinajstić information content (AvgIpc) is 3.11. The van der Waals surface area contributed by atoms with Gasteiger partial charge in [-0.25, -0.2) is 9.78 Å². The number of ether oxygens (including phenoxy) is 2. The number of benzene rings is 2. The summed E-state index contributed by atoms with van der Waals surface area (Å²) in [5.74, 6) is 0.948. The molecule has 2 aromatic carbocycles. The van der Waals surface area contributed by atoms with Crippen molar-refractivity contribution in [2.24, 2.45) is 0 Å². The summed E-state index contributed by atoms with van der Waals surface area (Å²) in [6.07, 6.45) is 0.633. The first-order valence-electron chi connectivity index (χ1n) is 10.4. The van der Waals surface area contributed by atoms with Crippen molar-refractivity contribution >= 4 is 27.5 Å². The van der Waals surface area contributed by atoms with E-state index in [9.17, 15) is 9.59 Å². The highest BCUT2D eigenvalue weighted by atomic mass is 32.1. The van der Waals surface area contributed by atoms with Crippen molar-refractivity contribution in [3.63, 3.8) is 0 Å². The Balaban J connectivity index is 1.55. The van der Waals surface area contributed by atoms with E-state index in [4.69, 9.17) is 14.5 Å². The van der Waals surface area contributed by atoms with E-state index in [1.807, 2.05) is 44.2 Å². The lowest BCUT2D eigenvalue weighted by atomic mass is 10.2. The van der Waals surface area contributed by atoms with Gasteiger partial charge in [-0.15, -0.1) is 11.3 Å². The summed E-state index contributed by atoms with van der Waals surface area (Å²) in [7, 11) is 1.35. The van der Waals surface area contributed by atoms with E-state index in [1.54, 1.807) is 40.2 Å². The Kier molecular flexibility index (Phi) is 6.37. The number of esters is 1. The van der Waals surface area contributed by atoms with Crippen LogP contribution in [-0.4, -0.2) is 29.2 Å². The van der Waals surface area contributed by atoms with Gasteiger partial charge in [0.25, 0.3) is 5.56 Å². The fourth-order valence-corrected chi connectivity index (χ4v) is 4.58. The molecule has 0 aliphatic carbocycles. The number of fused-ring (bicyclic) bond motifs is 1. The van der Waals surface area contributed by atoms with E-state index in [-0.39, 0.29) is 11.5 Å². The highest BCUT2D eigenvalue weighted by Gasteiger charge is 2.17. The van der Waals surface area contributed by atoms with Gasteiger partial charge in [-0.3, -0.25) is 9.36 Å². The number of hydrogen-bond donors (Lipinski definition) is 0. The van der Waals surface area contributed by atoms with Gasteiger partial charge in [-0.1, -0.05) is 30.3 Å². The molecule has 4 aromatic rings. The predicted molar refractivity (Wildman–Crippen MR) is 127 cm³/mol. The maximum Gasteiger partial charge on any atom is 0.337 e. The molecule has 32 heavy (non-hydrogen) atoms. The molecule has 6 nitrogen and oxygen atoms in total. The van der Waals surface area contributed by atoms with Crippen molar-refractivity contribution in [3.8, 4) is 17.1 Å². The SMILES string of the molecule is COC(=O)c1ccc(OCCCn2c(-c3ccccc3)nc3sc(C)c(C)c3c2=O)cc1. The molecule has 0 aliphatic heterocycles. The van der Waals surface area contributed by atoms with Gasteiger partial charge in [-0.2, -0.15) is 0 Å². The van der Waals surface area contributed by atoms with Crippen molar-refractivity contribution in [2.75, 3.05) is 13.7 Å². The van der Waals surface area contributed by atoms with E-state index in [0.717, 1.165) is 20.8 Å². The summed E-state index contributed by atoms with van der Waals surface area (Å²) >= 11 is 1.56. The number of hydrogen-bond acceptors (Lipinski definition) is 6. The zero-order valence-corrected chi connectivity index (χ0v) is 19.1. The van der Waals surface area contributed by atoms with Crippen LogP contribution in [0.25, 0.3) is 21.6 Å². The molecule has 164 valence electrons. The van der Waals surface area contributed by atoms with Crippen molar-refractivity contribution in [1.82, 2.24) is 9.55 Å². The number of rotatable bonds is 7. The summed E-state index contributed by atoms with van der Waals surface area (Å²) in [5, 5.41) is 0.700. The minimum absolute atomic E-state index is 0.0156. The van der Waals surface area contributed by atoms with Crippen LogP contribution in [0, 0.1) is 13.8 Å². The number of carbonyl (C=O) groups is 1. The van der Waals surface area contributed by atoms with Gasteiger partial charge < -0.3 is 9.47 Å². The molecule has 0 fully saturated rings. The fourth-order valence-electron chi connectivity index (χ4n) is 3.56. The first-order valence-corrected chi connectivity index (χ1v) is 11.2. The van der Waals surface area contributed by atoms with Crippen molar-refractivity contribution < 1.29 is 14.3 Å². The highest BCUT2D eigenvalue weighted by molar-refractivity contribution is 7.18. The summed E-state index contributed by atoms with van der Waals surface area (Å²) in [5.41, 5.74) is 2.37. The molecule has 0 aliphatic rings. The summed E-state index contributed by atoms with van der Waals surface area (Å²) in [6, 6.07) is 16.6. The fraction of sp³-hybridized carbons (Fsp3) is 0.240. The molecule has 0 unspecified atom stereocenters. The molecule has 4 rings (SSSR count). The Labute approximate surface area is 190 Å². The zero-order valence-electron chi connectivity index (χ0n) is 18.3. The van der Waals surface area contributed by atoms with E-state index in [2.05, 4.69) is 0 Å². The number of nitrogens with zero attached hydrogens (tertiary/aromatic N) is 2. The molecule has 0 radical (unpaired) electrons. The van der Waals surface area contributed by atoms with Gasteiger partial charge in [0.05, 0.1) is 24.7 Å². The lowest BCUT2D eigenvalue weighted by Gasteiger charge is -2.13. The Morgan fingerprint density at radius 3 is 2.47 bits per heavy atom. The first-order chi connectivity index (χ1) is 15.5. The predicted octanol–water partition coefficient (Wildman–Crippen LogP) is 5.00. The molecule has 0 spiro atoms. The van der Waals surface area contributed by atoms with Crippen LogP contribution in [0.1, 0.15) is 27.2 Å². The van der Waals surface area contributed by atoms with Gasteiger partial charge in [0, 0.05) is 17.0 Å². The topological polar surface area (TPSA) is 70.4 Å². The van der Waals surface area contributed by atoms with Gasteiger partial charge >= 0.3 is 5.97 Å². The number of aromatic nitrogens is 2. The van der Waals surface area contributed by atoms with Crippen molar-refractivity contribution in [3.05, 3.63) is 81.0 Å². The van der Waals surface area contributed by atoms with E-state index in [1.165, 1.54) is 7.11 Å². The molecule has 2 heterocycles. The Bertz CT molecular complexity index is 1310. The van der Waals surface area contributed by atoms with E-state index >= 15 is 0 Å². The molecule has 0 amide bonds. The maximum absolute atomic E-state index is 13.4. The highest BCUT2D eigenvalue weighted by Crippen LogP contribution is 2.28. The maximum atomic E-state index is 13.4. The third-order valence-electron chi connectivity index (χ3n) is 5.39. The quantitative estimate of drug-likeness (QED) is 0.294. The van der Waals surface area contributed by atoms with Crippen LogP contribution in [0.15, 0.2) is 59.4 Å². The van der Waals surface area contributed by atoms with Crippen LogP contribution in [-0.2, 0) is 11.3 Å². The second-order valence-corrected chi connectivity index (χ2v) is 8.64. The second-order valence-electron chi connectivity index (χ2n) is 7.44. The summed E-state index contributed by atoms with van der Waals surface area (Å²) < 4.78 is 12.3. The largest absolute Gasteiger partial charge is 0.494 e. The lowest BCUT2D eigenvalue weighted by Crippen LogP contribution is -2.24. The van der Waals surface area contributed by atoms with Gasteiger partial charge in [0.2, 0.25) is 0 Å². The number of aryl methyl sites for hydroxylation is 2. The molecule has 0 saturated carbocycles. The van der Waals surface area contributed by atoms with Gasteiger partial charge in [-0.05, 0) is 50.1 Å². The van der Waals surface area contributed by atoms with Crippen molar-refractivity contribution in [1.29, 1.82) is 0 Å². The molecule has 0 N–H and O–H groups in total. The van der Waals surface area contributed by atoms with Crippen LogP contribution < -0.4 is 10.3 Å². The van der Waals surface area contributed by atoms with E-state index < -0.39 is 0 Å². The Morgan fingerprint density at radius 1 is 1.06 bits per heavy atom. The Hall–Kier alpha value is -3.45. The monoisotopic (exact) mass is 448 g/mol. The second kappa shape index (κ2) is 9.36. The molecule has 2 aromatic heterocycles. The third kappa shape index (κ3) is 4.29. The smallest absolute Gasteiger partial charge is 0.337 e. The molecule has 0 atom stereocenters. The molecule has 7 heteroatoms. The minimum Gasteiger partial charge on any atom is -0.494 e. The van der Waals surface area contributed by atoms with Crippen molar-refractivity contribution in [2.45, 2.75) is 26.8 Å².